The van der Waals surface area contributed by atoms with Gasteiger partial charge >= 0.3 is 23.9 Å². The first kappa shape index (κ1) is 42.0. The summed E-state index contributed by atoms with van der Waals surface area (Å²) in [7, 11) is 3.99. The molecule has 0 radical (unpaired) electrons. The molecule has 7 rings (SSSR count). The second-order valence-electron chi connectivity index (χ2n) is 19.8. The van der Waals surface area contributed by atoms with Gasteiger partial charge in [0.15, 0.2) is 0 Å². The van der Waals surface area contributed by atoms with E-state index >= 15 is 4.79 Å². The van der Waals surface area contributed by atoms with Crippen molar-refractivity contribution in [2.45, 2.75) is 130 Å². The monoisotopic (exact) mass is 770 g/mol. The van der Waals surface area contributed by atoms with Crippen LogP contribution in [0.3, 0.4) is 0 Å². The number of cyclic esters (lactones) is 1. The quantitative estimate of drug-likeness (QED) is 0.0790. The van der Waals surface area contributed by atoms with E-state index in [-0.39, 0.29) is 48.8 Å². The van der Waals surface area contributed by atoms with Gasteiger partial charge in [0.05, 0.1) is 29.9 Å². The molecule has 1 aliphatic heterocycles. The Balaban J connectivity index is 1.32. The minimum atomic E-state index is -0.814. The van der Waals surface area contributed by atoms with Crippen molar-refractivity contribution < 1.29 is 42.9 Å². The first-order valence-electron chi connectivity index (χ1n) is 21.7. The minimum absolute atomic E-state index is 0.0166. The standard InChI is InChI=1S/C45H71NO9/c1-24(2)39(42(48)53-36-22-38(47)52-23-36)27(5)41(44(50)55-45(8)34-17-31-15-32(19-34)20-35(45)18-31)28(6)40(26(4)25(3)29(7)51-14-13-46(9)10)43(49)54-37-21-30-11-12-33(37)16-30/h24-28,30-37,39-41H,7,11-23H2,1-6,8-10H3. The Bertz CT molecular complexity index is 1400. The van der Waals surface area contributed by atoms with E-state index in [1.807, 2.05) is 60.5 Å². The summed E-state index contributed by atoms with van der Waals surface area (Å²) >= 11 is 0. The number of carbonyl (C=O) groups excluding carboxylic acids is 4. The maximum Gasteiger partial charge on any atom is 0.310 e. The highest BCUT2D eigenvalue weighted by Gasteiger charge is 2.58. The number of ether oxygens (including phenoxy) is 5. The van der Waals surface area contributed by atoms with Crippen LogP contribution >= 0.6 is 0 Å². The van der Waals surface area contributed by atoms with Crippen LogP contribution in [0.2, 0.25) is 0 Å². The minimum Gasteiger partial charge on any atom is -0.497 e. The zero-order chi connectivity index (χ0) is 39.9. The lowest BCUT2D eigenvalue weighted by molar-refractivity contribution is -0.212. The average Bonchev–Trinajstić information content (AvgIpc) is 3.84. The van der Waals surface area contributed by atoms with Crippen LogP contribution in [-0.4, -0.2) is 80.4 Å². The van der Waals surface area contributed by atoms with Crippen molar-refractivity contribution in [2.75, 3.05) is 33.9 Å². The van der Waals surface area contributed by atoms with E-state index in [0.717, 1.165) is 51.5 Å². The Morgan fingerprint density at radius 3 is 1.91 bits per heavy atom. The number of nitrogens with zero attached hydrogens (tertiary/aromatic N) is 1. The van der Waals surface area contributed by atoms with E-state index in [2.05, 4.69) is 13.5 Å². The van der Waals surface area contributed by atoms with E-state index in [9.17, 15) is 14.4 Å². The lowest BCUT2D eigenvalue weighted by atomic mass is 9.50. The Morgan fingerprint density at radius 1 is 0.782 bits per heavy atom. The average molecular weight is 770 g/mol. The molecule has 6 saturated carbocycles. The summed E-state index contributed by atoms with van der Waals surface area (Å²) in [5.41, 5.74) is -0.593. The van der Waals surface area contributed by atoms with Crippen LogP contribution < -0.4 is 0 Å². The number of hydrogen-bond donors (Lipinski definition) is 0. The summed E-state index contributed by atoms with van der Waals surface area (Å²) in [6.45, 7) is 19.6. The van der Waals surface area contributed by atoms with Crippen LogP contribution in [0, 0.1) is 82.9 Å². The molecule has 0 aromatic rings. The Hall–Kier alpha value is -2.62. The van der Waals surface area contributed by atoms with Crippen molar-refractivity contribution in [1.29, 1.82) is 0 Å². The molecule has 0 aromatic heterocycles. The summed E-state index contributed by atoms with van der Waals surface area (Å²) in [4.78, 5) is 58.1. The van der Waals surface area contributed by atoms with E-state index in [4.69, 9.17) is 23.7 Å². The molecule has 310 valence electrons. The number of likely N-dealkylation sites (N-methyl/N-ethyl adjacent to an activating group) is 1. The van der Waals surface area contributed by atoms with Gasteiger partial charge in [-0.2, -0.15) is 0 Å². The zero-order valence-electron chi connectivity index (χ0n) is 35.3. The van der Waals surface area contributed by atoms with Crippen molar-refractivity contribution in [3.63, 3.8) is 0 Å². The molecular formula is C45H71NO9. The lowest BCUT2D eigenvalue weighted by Gasteiger charge is -2.59. The van der Waals surface area contributed by atoms with Crippen molar-refractivity contribution >= 4 is 23.9 Å². The molecule has 10 heteroatoms. The fourth-order valence-corrected chi connectivity index (χ4v) is 12.4. The molecule has 6 bridgehead atoms. The first-order chi connectivity index (χ1) is 26.0. The van der Waals surface area contributed by atoms with Crippen LogP contribution in [0.4, 0.5) is 0 Å². The van der Waals surface area contributed by atoms with Gasteiger partial charge in [-0.25, -0.2) is 0 Å². The highest BCUT2D eigenvalue weighted by Crippen LogP contribution is 2.60. The van der Waals surface area contributed by atoms with Gasteiger partial charge in [-0.3, -0.25) is 19.2 Å². The third-order valence-corrected chi connectivity index (χ3v) is 15.6. The SMILES string of the molecule is C=C(OCCN(C)C)C(C)C(C)C(C(=O)OC1CC2CCC1C2)C(C)C(C(=O)OC1(C)C2CC3CC(C2)CC1C3)C(C)C(C(=O)OC1COC(=O)C1)C(C)C. The fourth-order valence-electron chi connectivity index (χ4n) is 12.4. The summed E-state index contributed by atoms with van der Waals surface area (Å²) < 4.78 is 30.6. The molecule has 0 aromatic carbocycles. The maximum atomic E-state index is 15.2. The number of rotatable bonds is 18. The van der Waals surface area contributed by atoms with E-state index in [0.29, 0.717) is 47.9 Å². The fraction of sp³-hybridized carbons (Fsp3) is 0.867. The van der Waals surface area contributed by atoms with Crippen LogP contribution in [0.5, 0.6) is 0 Å². The summed E-state index contributed by atoms with van der Waals surface area (Å²) in [6.07, 6.45) is 9.12. The van der Waals surface area contributed by atoms with Gasteiger partial charge in [0, 0.05) is 12.5 Å². The number of carbonyl (C=O) groups is 4. The van der Waals surface area contributed by atoms with Crippen LogP contribution in [-0.2, 0) is 42.9 Å². The van der Waals surface area contributed by atoms with E-state index in [1.165, 1.54) is 12.8 Å². The van der Waals surface area contributed by atoms with E-state index < -0.39 is 53.2 Å². The second kappa shape index (κ2) is 17.1. The van der Waals surface area contributed by atoms with Crippen molar-refractivity contribution in [2.24, 2.45) is 82.9 Å². The topological polar surface area (TPSA) is 118 Å². The smallest absolute Gasteiger partial charge is 0.310 e. The van der Waals surface area contributed by atoms with Gasteiger partial charge in [-0.15, -0.1) is 0 Å². The molecule has 11 atom stereocenters. The highest BCUT2D eigenvalue weighted by molar-refractivity contribution is 5.80. The summed E-state index contributed by atoms with van der Waals surface area (Å²) in [5, 5.41) is 0. The van der Waals surface area contributed by atoms with Gasteiger partial charge < -0.3 is 28.6 Å². The molecule has 1 heterocycles. The van der Waals surface area contributed by atoms with Crippen LogP contribution in [0.25, 0.3) is 0 Å². The molecule has 10 nitrogen and oxygen atoms in total. The van der Waals surface area contributed by atoms with Crippen LogP contribution in [0.1, 0.15) is 113 Å². The summed E-state index contributed by atoms with van der Waals surface area (Å²) in [6, 6.07) is 0. The molecule has 0 spiro atoms. The zero-order valence-corrected chi connectivity index (χ0v) is 35.3. The van der Waals surface area contributed by atoms with Gasteiger partial charge in [0.25, 0.3) is 0 Å². The molecule has 6 aliphatic carbocycles. The third-order valence-electron chi connectivity index (χ3n) is 15.6. The van der Waals surface area contributed by atoms with Crippen LogP contribution in [0.15, 0.2) is 12.3 Å². The molecule has 7 fully saturated rings. The second-order valence-corrected chi connectivity index (χ2v) is 19.8. The maximum absolute atomic E-state index is 15.2. The Labute approximate surface area is 330 Å². The third kappa shape index (κ3) is 8.94. The molecule has 0 N–H and O–H groups in total. The van der Waals surface area contributed by atoms with E-state index in [1.54, 1.807) is 0 Å². The predicted molar refractivity (Wildman–Crippen MR) is 208 cm³/mol. The largest absolute Gasteiger partial charge is 0.497 e. The number of allylic oxidation sites excluding steroid dienone is 1. The normalized spacial score (nSPS) is 35.8. The molecule has 0 amide bonds. The van der Waals surface area contributed by atoms with Crippen molar-refractivity contribution in [3.05, 3.63) is 12.3 Å². The Morgan fingerprint density at radius 2 is 1.38 bits per heavy atom. The molecule has 11 unspecified atom stereocenters. The lowest BCUT2D eigenvalue weighted by Crippen LogP contribution is -2.59. The van der Waals surface area contributed by atoms with Gasteiger partial charge in [0.2, 0.25) is 0 Å². The predicted octanol–water partition coefficient (Wildman–Crippen LogP) is 7.48. The summed E-state index contributed by atoms with van der Waals surface area (Å²) in [5.74, 6) is -1.88. The number of fused-ring (bicyclic) bond motifs is 2. The van der Waals surface area contributed by atoms with Crippen molar-refractivity contribution in [1.82, 2.24) is 4.90 Å². The molecular weight excluding hydrogens is 698 g/mol. The van der Waals surface area contributed by atoms with Gasteiger partial charge in [-0.05, 0) is 138 Å². The van der Waals surface area contributed by atoms with Gasteiger partial charge in [0.1, 0.15) is 31.0 Å². The molecule has 55 heavy (non-hydrogen) atoms. The first-order valence-corrected chi connectivity index (χ1v) is 21.7. The highest BCUT2D eigenvalue weighted by atomic mass is 16.6. The number of esters is 4. The Kier molecular flexibility index (Phi) is 13.0. The van der Waals surface area contributed by atoms with Gasteiger partial charge in [-0.1, -0.05) is 48.1 Å². The molecule has 1 saturated heterocycles. The van der Waals surface area contributed by atoms with Crippen molar-refractivity contribution in [3.8, 4) is 0 Å². The molecule has 7 aliphatic rings. The number of hydrogen-bond acceptors (Lipinski definition) is 10.